The van der Waals surface area contributed by atoms with Crippen molar-refractivity contribution in [1.82, 2.24) is 4.90 Å². The number of anilines is 1. The minimum atomic E-state index is -0.315. The summed E-state index contributed by atoms with van der Waals surface area (Å²) in [4.78, 5) is 14.5. The molecule has 0 fully saturated rings. The molecule has 0 atom stereocenters. The summed E-state index contributed by atoms with van der Waals surface area (Å²) >= 11 is 5.45. The lowest BCUT2D eigenvalue weighted by molar-refractivity contribution is 0.0472. The van der Waals surface area contributed by atoms with E-state index in [9.17, 15) is 4.79 Å². The highest BCUT2D eigenvalue weighted by molar-refractivity contribution is 7.80. The number of rotatable bonds is 5. The number of carbonyl (C=O) groups excluding carboxylic acids is 1. The average Bonchev–Trinajstić information content (AvgIpc) is 2.64. The molecule has 0 radical (unpaired) electrons. The lowest BCUT2D eigenvalue weighted by Crippen LogP contribution is -2.36. The van der Waals surface area contributed by atoms with Crippen molar-refractivity contribution in [3.8, 4) is 0 Å². The Labute approximate surface area is 167 Å². The maximum absolute atomic E-state index is 12.5. The quantitative estimate of drug-likeness (QED) is 0.580. The van der Waals surface area contributed by atoms with Crippen molar-refractivity contribution in [2.24, 2.45) is 0 Å². The van der Waals surface area contributed by atoms with Crippen LogP contribution in [0.5, 0.6) is 0 Å². The molecule has 0 aromatic heterocycles. The lowest BCUT2D eigenvalue weighted by atomic mass is 10.0. The molecule has 0 aliphatic heterocycles. The highest BCUT2D eigenvalue weighted by atomic mass is 32.1. The summed E-state index contributed by atoms with van der Waals surface area (Å²) in [5, 5.41) is 3.92. The molecule has 0 bridgehead atoms. The molecule has 0 heterocycles. The van der Waals surface area contributed by atoms with Crippen LogP contribution < -0.4 is 5.32 Å². The predicted molar refractivity (Wildman–Crippen MR) is 115 cm³/mol. The van der Waals surface area contributed by atoms with Gasteiger partial charge in [-0.15, -0.1) is 0 Å². The summed E-state index contributed by atoms with van der Waals surface area (Å²) < 4.78 is 5.49. The molecule has 2 aromatic carbocycles. The van der Waals surface area contributed by atoms with Gasteiger partial charge in [0.1, 0.15) is 6.61 Å². The number of esters is 1. The number of nitrogens with one attached hydrogen (secondary N) is 1. The van der Waals surface area contributed by atoms with Crippen LogP contribution in [0.4, 0.5) is 5.69 Å². The van der Waals surface area contributed by atoms with Gasteiger partial charge in [-0.25, -0.2) is 4.79 Å². The molecule has 0 saturated heterocycles. The number of ether oxygens (including phenoxy) is 1. The third kappa shape index (κ3) is 5.30. The van der Waals surface area contributed by atoms with Crippen LogP contribution in [0.2, 0.25) is 0 Å². The summed E-state index contributed by atoms with van der Waals surface area (Å²) in [6.45, 7) is 10.4. The van der Waals surface area contributed by atoms with Gasteiger partial charge in [0.2, 0.25) is 0 Å². The molecule has 27 heavy (non-hydrogen) atoms. The summed E-state index contributed by atoms with van der Waals surface area (Å²) in [6.07, 6.45) is 0. The second kappa shape index (κ2) is 9.00. The maximum atomic E-state index is 12.5. The van der Waals surface area contributed by atoms with Crippen LogP contribution in [0.15, 0.2) is 36.4 Å². The van der Waals surface area contributed by atoms with E-state index in [1.165, 1.54) is 5.56 Å². The van der Waals surface area contributed by atoms with Crippen LogP contribution in [0, 0.1) is 20.8 Å². The van der Waals surface area contributed by atoms with Gasteiger partial charge in [-0.2, -0.15) is 0 Å². The van der Waals surface area contributed by atoms with Crippen molar-refractivity contribution < 1.29 is 9.53 Å². The van der Waals surface area contributed by atoms with Gasteiger partial charge in [0.05, 0.1) is 5.56 Å². The van der Waals surface area contributed by atoms with Crippen molar-refractivity contribution in [1.29, 1.82) is 0 Å². The fourth-order valence-electron chi connectivity index (χ4n) is 2.53. The molecular formula is C22H28N2O2S. The van der Waals surface area contributed by atoms with Crippen LogP contribution in [0.3, 0.4) is 0 Å². The monoisotopic (exact) mass is 384 g/mol. The summed E-state index contributed by atoms with van der Waals surface area (Å²) in [7, 11) is 1.96. The molecule has 2 aromatic rings. The zero-order valence-electron chi connectivity index (χ0n) is 16.9. The van der Waals surface area contributed by atoms with Crippen molar-refractivity contribution in [2.75, 3.05) is 12.4 Å². The molecule has 0 saturated carbocycles. The van der Waals surface area contributed by atoms with Crippen LogP contribution in [-0.4, -0.2) is 29.1 Å². The normalized spacial score (nSPS) is 10.6. The van der Waals surface area contributed by atoms with Gasteiger partial charge in [-0.3, -0.25) is 0 Å². The number of aryl methyl sites for hydroxylation is 1. The van der Waals surface area contributed by atoms with Gasteiger partial charge in [0.25, 0.3) is 0 Å². The summed E-state index contributed by atoms with van der Waals surface area (Å²) in [5.74, 6) is -0.315. The zero-order chi connectivity index (χ0) is 20.1. The minimum Gasteiger partial charge on any atom is -0.457 e. The molecule has 5 heteroatoms. The van der Waals surface area contributed by atoms with E-state index in [4.69, 9.17) is 17.0 Å². The van der Waals surface area contributed by atoms with Crippen LogP contribution >= 0.6 is 12.2 Å². The molecule has 4 nitrogen and oxygen atoms in total. The van der Waals surface area contributed by atoms with Crippen molar-refractivity contribution in [3.63, 3.8) is 0 Å². The van der Waals surface area contributed by atoms with Gasteiger partial charge >= 0.3 is 5.97 Å². The number of hydrogen-bond acceptors (Lipinski definition) is 3. The molecule has 2 rings (SSSR count). The first-order valence-electron chi connectivity index (χ1n) is 9.07. The van der Waals surface area contributed by atoms with Gasteiger partial charge in [0.15, 0.2) is 5.11 Å². The third-order valence-electron chi connectivity index (χ3n) is 4.83. The van der Waals surface area contributed by atoms with E-state index in [2.05, 4.69) is 19.2 Å². The smallest absolute Gasteiger partial charge is 0.338 e. The Kier molecular flexibility index (Phi) is 6.97. The van der Waals surface area contributed by atoms with Gasteiger partial charge in [-0.1, -0.05) is 29.8 Å². The third-order valence-corrected chi connectivity index (χ3v) is 5.22. The first kappa shape index (κ1) is 20.9. The number of nitrogens with zero attached hydrogens (tertiary/aromatic N) is 1. The fourth-order valence-corrected chi connectivity index (χ4v) is 2.85. The summed E-state index contributed by atoms with van der Waals surface area (Å²) in [5.41, 5.74) is 5.51. The highest BCUT2D eigenvalue weighted by Gasteiger charge is 2.16. The van der Waals surface area contributed by atoms with Crippen molar-refractivity contribution >= 4 is 29.0 Å². The number of benzene rings is 2. The Morgan fingerprint density at radius 1 is 1.07 bits per heavy atom. The number of thiocarbonyl (C=S) groups is 1. The molecule has 144 valence electrons. The molecule has 1 N–H and O–H groups in total. The predicted octanol–water partition coefficient (Wildman–Crippen LogP) is 5.01. The Balaban J connectivity index is 2.09. The van der Waals surface area contributed by atoms with Crippen LogP contribution in [0.25, 0.3) is 0 Å². The maximum Gasteiger partial charge on any atom is 0.338 e. The average molecular weight is 385 g/mol. The minimum absolute atomic E-state index is 0.265. The molecule has 0 unspecified atom stereocenters. The Morgan fingerprint density at radius 2 is 1.70 bits per heavy atom. The second-order valence-electron chi connectivity index (χ2n) is 7.11. The lowest BCUT2D eigenvalue weighted by Gasteiger charge is -2.26. The van der Waals surface area contributed by atoms with Crippen molar-refractivity contribution in [3.05, 3.63) is 64.2 Å². The molecular weight excluding hydrogens is 356 g/mol. The van der Waals surface area contributed by atoms with E-state index in [0.29, 0.717) is 16.7 Å². The number of carbonyl (C=O) groups is 1. The Hall–Kier alpha value is -2.40. The topological polar surface area (TPSA) is 41.6 Å². The molecule has 0 spiro atoms. The zero-order valence-corrected chi connectivity index (χ0v) is 17.7. The summed E-state index contributed by atoms with van der Waals surface area (Å²) in [6, 6.07) is 11.9. The molecule has 0 aliphatic carbocycles. The first-order valence-corrected chi connectivity index (χ1v) is 9.48. The number of hydrogen-bond donors (Lipinski definition) is 1. The van der Waals surface area contributed by atoms with E-state index in [1.54, 1.807) is 6.07 Å². The van der Waals surface area contributed by atoms with Crippen molar-refractivity contribution in [2.45, 2.75) is 47.3 Å². The highest BCUT2D eigenvalue weighted by Crippen LogP contribution is 2.23. The van der Waals surface area contributed by atoms with E-state index < -0.39 is 0 Å². The van der Waals surface area contributed by atoms with Gasteiger partial charge in [-0.05, 0) is 75.7 Å². The molecule has 0 aliphatic rings. The van der Waals surface area contributed by atoms with Crippen LogP contribution in [0.1, 0.15) is 46.5 Å². The second-order valence-corrected chi connectivity index (χ2v) is 7.49. The molecule has 0 amide bonds. The SMILES string of the molecule is Cc1ccc(COC(=O)c2ccc(NC(=S)N(C)C(C)C)c(C)c2C)cc1. The van der Waals surface area contributed by atoms with Crippen LogP contribution in [-0.2, 0) is 11.3 Å². The van der Waals surface area contributed by atoms with E-state index in [0.717, 1.165) is 22.4 Å². The van der Waals surface area contributed by atoms with Gasteiger partial charge in [0, 0.05) is 18.8 Å². The Bertz CT molecular complexity index is 829. The van der Waals surface area contributed by atoms with Gasteiger partial charge < -0.3 is 15.0 Å². The van der Waals surface area contributed by atoms with E-state index >= 15 is 0 Å². The van der Waals surface area contributed by atoms with E-state index in [-0.39, 0.29) is 12.6 Å². The Morgan fingerprint density at radius 3 is 2.30 bits per heavy atom. The standard InChI is InChI=1S/C22H28N2O2S/c1-14(2)24(6)22(27)23-20-12-11-19(16(4)17(20)5)21(25)26-13-18-9-7-15(3)8-10-18/h7-12,14H,13H2,1-6H3,(H,23,27). The first-order chi connectivity index (χ1) is 12.7. The fraction of sp³-hybridized carbons (Fsp3) is 0.364. The largest absolute Gasteiger partial charge is 0.457 e. The van der Waals surface area contributed by atoms with E-state index in [1.807, 2.05) is 63.1 Å².